The smallest absolute Gasteiger partial charge is 0.312 e. The van der Waals surface area contributed by atoms with E-state index >= 15 is 0 Å². The number of hydrogen-bond acceptors (Lipinski definition) is 5. The Morgan fingerprint density at radius 2 is 1.93 bits per heavy atom. The molecule has 0 saturated carbocycles. The van der Waals surface area contributed by atoms with E-state index in [2.05, 4.69) is 17.1 Å². The van der Waals surface area contributed by atoms with Gasteiger partial charge < -0.3 is 9.64 Å². The lowest BCUT2D eigenvalue weighted by atomic mass is 9.74. The molecule has 3 rings (SSSR count). The molecule has 1 aliphatic heterocycles. The Kier molecular flexibility index (Phi) is 7.42. The molecule has 156 valence electrons. The van der Waals surface area contributed by atoms with E-state index < -0.39 is 5.41 Å². The average Bonchev–Trinajstić information content (AvgIpc) is 3.14. The van der Waals surface area contributed by atoms with Gasteiger partial charge in [0, 0.05) is 18.5 Å². The fourth-order valence-corrected chi connectivity index (χ4v) is 4.67. The first-order chi connectivity index (χ1) is 14.0. The molecule has 5 nitrogen and oxygen atoms in total. The molecule has 6 heteroatoms. The number of hydrogen-bond donors (Lipinski definition) is 0. The monoisotopic (exact) mass is 414 g/mol. The lowest BCUT2D eigenvalue weighted by molar-refractivity contribution is -0.161. The summed E-state index contributed by atoms with van der Waals surface area (Å²) in [6.07, 6.45) is 4.37. The number of aromatic nitrogens is 1. The molecule has 0 N–H and O–H groups in total. The SMILES string of the molecule is CCOC(=O)C1(CCCc2ccccc2)CCN(C(=O)Cc2csc(C)n2)CC1. The third kappa shape index (κ3) is 5.66. The van der Waals surface area contributed by atoms with Crippen LogP contribution in [0.4, 0.5) is 0 Å². The fraction of sp³-hybridized carbons (Fsp3) is 0.522. The van der Waals surface area contributed by atoms with Crippen LogP contribution in [0.2, 0.25) is 0 Å². The van der Waals surface area contributed by atoms with E-state index in [4.69, 9.17) is 4.74 Å². The van der Waals surface area contributed by atoms with E-state index in [1.807, 2.05) is 42.3 Å². The highest BCUT2D eigenvalue weighted by atomic mass is 32.1. The molecule has 0 spiro atoms. The van der Waals surface area contributed by atoms with Gasteiger partial charge in [0.05, 0.1) is 29.1 Å². The van der Waals surface area contributed by atoms with Gasteiger partial charge in [0.2, 0.25) is 5.91 Å². The third-order valence-corrected chi connectivity index (χ3v) is 6.57. The molecule has 0 radical (unpaired) electrons. The van der Waals surface area contributed by atoms with Gasteiger partial charge in [-0.2, -0.15) is 0 Å². The molecule has 1 saturated heterocycles. The summed E-state index contributed by atoms with van der Waals surface area (Å²) in [6, 6.07) is 10.4. The molecule has 2 aromatic rings. The Balaban J connectivity index is 1.58. The summed E-state index contributed by atoms with van der Waals surface area (Å²) in [5.74, 6) is -0.00710. The minimum Gasteiger partial charge on any atom is -0.466 e. The molecule has 1 fully saturated rings. The highest BCUT2D eigenvalue weighted by molar-refractivity contribution is 7.09. The minimum atomic E-state index is -0.473. The summed E-state index contributed by atoms with van der Waals surface area (Å²) in [5.41, 5.74) is 1.65. The van der Waals surface area contributed by atoms with Gasteiger partial charge in [-0.25, -0.2) is 4.98 Å². The number of benzene rings is 1. The van der Waals surface area contributed by atoms with Gasteiger partial charge in [0.1, 0.15) is 0 Å². The van der Waals surface area contributed by atoms with Crippen molar-refractivity contribution < 1.29 is 14.3 Å². The molecule has 1 aromatic heterocycles. The van der Waals surface area contributed by atoms with Crippen LogP contribution in [0.15, 0.2) is 35.7 Å². The maximum absolute atomic E-state index is 12.8. The van der Waals surface area contributed by atoms with E-state index in [-0.39, 0.29) is 11.9 Å². The number of piperidine rings is 1. The Hall–Kier alpha value is -2.21. The number of likely N-dealkylation sites (tertiary alicyclic amines) is 1. The normalized spacial score (nSPS) is 15.9. The van der Waals surface area contributed by atoms with Crippen LogP contribution in [-0.2, 0) is 27.2 Å². The van der Waals surface area contributed by atoms with Crippen molar-refractivity contribution in [2.24, 2.45) is 5.41 Å². The van der Waals surface area contributed by atoms with Crippen LogP contribution in [0.3, 0.4) is 0 Å². The van der Waals surface area contributed by atoms with Crippen molar-refractivity contribution >= 4 is 23.2 Å². The molecule has 1 aromatic carbocycles. The number of rotatable bonds is 8. The van der Waals surface area contributed by atoms with E-state index in [1.54, 1.807) is 11.3 Å². The second-order valence-electron chi connectivity index (χ2n) is 7.76. The maximum atomic E-state index is 12.8. The highest BCUT2D eigenvalue weighted by Crippen LogP contribution is 2.38. The Morgan fingerprint density at radius 3 is 2.55 bits per heavy atom. The van der Waals surface area contributed by atoms with Crippen molar-refractivity contribution in [3.05, 3.63) is 52.0 Å². The lowest BCUT2D eigenvalue weighted by Crippen LogP contribution is -2.47. The van der Waals surface area contributed by atoms with Gasteiger partial charge in [-0.3, -0.25) is 9.59 Å². The van der Waals surface area contributed by atoms with Gasteiger partial charge >= 0.3 is 5.97 Å². The summed E-state index contributed by atoms with van der Waals surface area (Å²) in [7, 11) is 0. The van der Waals surface area contributed by atoms with Crippen molar-refractivity contribution in [1.29, 1.82) is 0 Å². The number of ether oxygens (including phenoxy) is 1. The first kappa shape index (κ1) is 21.5. The van der Waals surface area contributed by atoms with Crippen LogP contribution in [0.25, 0.3) is 0 Å². The van der Waals surface area contributed by atoms with Crippen LogP contribution in [-0.4, -0.2) is 41.5 Å². The van der Waals surface area contributed by atoms with Gasteiger partial charge in [-0.1, -0.05) is 30.3 Å². The number of nitrogens with zero attached hydrogens (tertiary/aromatic N) is 2. The molecule has 29 heavy (non-hydrogen) atoms. The van der Waals surface area contributed by atoms with Gasteiger partial charge in [-0.15, -0.1) is 11.3 Å². The number of amides is 1. The second kappa shape index (κ2) is 10.0. The molecule has 0 unspecified atom stereocenters. The zero-order valence-electron chi connectivity index (χ0n) is 17.4. The maximum Gasteiger partial charge on any atom is 0.312 e. The predicted molar refractivity (Wildman–Crippen MR) is 115 cm³/mol. The van der Waals surface area contributed by atoms with Crippen LogP contribution in [0, 0.1) is 12.3 Å². The molecular weight excluding hydrogens is 384 g/mol. The topological polar surface area (TPSA) is 59.5 Å². The first-order valence-corrected chi connectivity index (χ1v) is 11.3. The van der Waals surface area contributed by atoms with E-state index in [0.29, 0.717) is 39.0 Å². The first-order valence-electron chi connectivity index (χ1n) is 10.4. The summed E-state index contributed by atoms with van der Waals surface area (Å²) in [6.45, 7) is 5.40. The number of carbonyl (C=O) groups is 2. The Labute approximate surface area is 177 Å². The summed E-state index contributed by atoms with van der Waals surface area (Å²) >= 11 is 1.57. The third-order valence-electron chi connectivity index (χ3n) is 5.74. The van der Waals surface area contributed by atoms with Crippen LogP contribution < -0.4 is 0 Å². The van der Waals surface area contributed by atoms with Crippen molar-refractivity contribution in [3.63, 3.8) is 0 Å². The summed E-state index contributed by atoms with van der Waals surface area (Å²) in [4.78, 5) is 31.7. The van der Waals surface area contributed by atoms with E-state index in [0.717, 1.165) is 30.0 Å². The van der Waals surface area contributed by atoms with E-state index in [1.165, 1.54) is 5.56 Å². The minimum absolute atomic E-state index is 0.0945. The predicted octanol–water partition coefficient (Wildman–Crippen LogP) is 4.19. The Morgan fingerprint density at radius 1 is 1.21 bits per heavy atom. The lowest BCUT2D eigenvalue weighted by Gasteiger charge is -2.40. The van der Waals surface area contributed by atoms with Gasteiger partial charge in [0.15, 0.2) is 0 Å². The zero-order valence-corrected chi connectivity index (χ0v) is 18.2. The summed E-state index contributed by atoms with van der Waals surface area (Å²) in [5, 5.41) is 2.93. The average molecular weight is 415 g/mol. The van der Waals surface area contributed by atoms with Crippen LogP contribution in [0.5, 0.6) is 0 Å². The molecule has 0 bridgehead atoms. The standard InChI is InChI=1S/C23H30N2O3S/c1-3-28-22(27)23(11-7-10-19-8-5-4-6-9-19)12-14-25(15-13-23)21(26)16-20-17-29-18(2)24-20/h4-6,8-9,17H,3,7,10-16H2,1-2H3. The van der Waals surface area contributed by atoms with Crippen molar-refractivity contribution in [2.45, 2.75) is 52.4 Å². The Bertz CT molecular complexity index is 811. The van der Waals surface area contributed by atoms with Gasteiger partial charge in [-0.05, 0) is 51.5 Å². The zero-order chi connectivity index (χ0) is 20.7. The number of carbonyl (C=O) groups excluding carboxylic acids is 2. The molecule has 2 heterocycles. The molecule has 0 atom stereocenters. The van der Waals surface area contributed by atoms with Crippen molar-refractivity contribution in [3.8, 4) is 0 Å². The number of aryl methyl sites for hydroxylation is 2. The molecule has 1 amide bonds. The van der Waals surface area contributed by atoms with Crippen LogP contribution >= 0.6 is 11.3 Å². The number of esters is 1. The van der Waals surface area contributed by atoms with Crippen LogP contribution in [0.1, 0.15) is 48.9 Å². The summed E-state index contributed by atoms with van der Waals surface area (Å²) < 4.78 is 5.43. The molecule has 1 aliphatic rings. The highest BCUT2D eigenvalue weighted by Gasteiger charge is 2.42. The molecular formula is C23H30N2O3S. The molecule has 0 aliphatic carbocycles. The van der Waals surface area contributed by atoms with E-state index in [9.17, 15) is 9.59 Å². The number of thiazole rings is 1. The van der Waals surface area contributed by atoms with Crippen molar-refractivity contribution in [2.75, 3.05) is 19.7 Å². The second-order valence-corrected chi connectivity index (χ2v) is 8.82. The van der Waals surface area contributed by atoms with Gasteiger partial charge in [0.25, 0.3) is 0 Å². The largest absolute Gasteiger partial charge is 0.466 e. The quantitative estimate of drug-likeness (QED) is 0.608. The fourth-order valence-electron chi connectivity index (χ4n) is 4.06. The van der Waals surface area contributed by atoms with Crippen molar-refractivity contribution in [1.82, 2.24) is 9.88 Å².